The Hall–Kier alpha value is -4.31. The highest BCUT2D eigenvalue weighted by Crippen LogP contribution is 2.20. The van der Waals surface area contributed by atoms with Gasteiger partial charge >= 0.3 is 5.97 Å². The maximum atomic E-state index is 12.6. The molecule has 0 aliphatic rings. The molecule has 0 spiro atoms. The molecule has 0 fully saturated rings. The highest BCUT2D eigenvalue weighted by Gasteiger charge is 2.27. The van der Waals surface area contributed by atoms with E-state index in [-0.39, 0.29) is 23.1 Å². The number of aliphatic hydroxyl groups excluding tert-OH is 1. The van der Waals surface area contributed by atoms with Crippen LogP contribution in [-0.2, 0) is 11.3 Å². The lowest BCUT2D eigenvalue weighted by atomic mass is 10.1. The number of aromatic nitrogens is 2. The number of carbonyl (C=O) groups is 3. The molecule has 6 N–H and O–H groups in total. The van der Waals surface area contributed by atoms with E-state index in [1.54, 1.807) is 24.3 Å². The minimum Gasteiger partial charge on any atom is -0.480 e. The molecule has 0 aliphatic heterocycles. The van der Waals surface area contributed by atoms with Gasteiger partial charge in [0.1, 0.15) is 0 Å². The molecule has 10 heteroatoms. The summed E-state index contributed by atoms with van der Waals surface area (Å²) in [6.07, 6.45) is 0.00564. The van der Waals surface area contributed by atoms with Gasteiger partial charge in [0.25, 0.3) is 11.8 Å². The molecule has 2 aromatic carbocycles. The Balaban J connectivity index is 1.80. The second-order valence-corrected chi connectivity index (χ2v) is 7.27. The third-order valence-corrected chi connectivity index (χ3v) is 4.77. The van der Waals surface area contributed by atoms with Crippen LogP contribution in [-0.4, -0.2) is 50.1 Å². The first-order valence-corrected chi connectivity index (χ1v) is 10.0. The zero-order valence-corrected chi connectivity index (χ0v) is 17.7. The Labute approximate surface area is 189 Å². The molecule has 0 unspecified atom stereocenters. The number of aliphatic carboxylic acids is 1. The second-order valence-electron chi connectivity index (χ2n) is 7.27. The summed E-state index contributed by atoms with van der Waals surface area (Å²) in [6.45, 7) is 1.60. The molecule has 0 saturated carbocycles. The SMILES string of the molecule is C[C@@H](O)[C@H](NC(=O)c1nc(-c2cccc(C(=O)NCc3ccccc3)c2)cnc1N)C(=O)O. The number of carboxylic acid groups (broad SMARTS) is 1. The van der Waals surface area contributed by atoms with E-state index >= 15 is 0 Å². The lowest BCUT2D eigenvalue weighted by Crippen LogP contribution is -2.48. The maximum absolute atomic E-state index is 12.6. The molecule has 10 nitrogen and oxygen atoms in total. The Morgan fingerprint density at radius 1 is 1.06 bits per heavy atom. The van der Waals surface area contributed by atoms with Gasteiger partial charge in [-0.25, -0.2) is 14.8 Å². The molecule has 2 amide bonds. The lowest BCUT2D eigenvalue weighted by molar-refractivity contribution is -0.141. The van der Waals surface area contributed by atoms with E-state index in [0.29, 0.717) is 17.7 Å². The summed E-state index contributed by atoms with van der Waals surface area (Å²) < 4.78 is 0. The smallest absolute Gasteiger partial charge is 0.328 e. The van der Waals surface area contributed by atoms with Crippen LogP contribution in [0.2, 0.25) is 0 Å². The van der Waals surface area contributed by atoms with Gasteiger partial charge in [-0.15, -0.1) is 0 Å². The predicted molar refractivity (Wildman–Crippen MR) is 120 cm³/mol. The molecule has 3 aromatic rings. The fraction of sp³-hybridized carbons (Fsp3) is 0.174. The van der Waals surface area contributed by atoms with E-state index in [2.05, 4.69) is 20.6 Å². The largest absolute Gasteiger partial charge is 0.480 e. The summed E-state index contributed by atoms with van der Waals surface area (Å²) in [6, 6.07) is 14.5. The molecule has 1 aromatic heterocycles. The van der Waals surface area contributed by atoms with Crippen molar-refractivity contribution in [1.82, 2.24) is 20.6 Å². The van der Waals surface area contributed by atoms with Crippen molar-refractivity contribution in [3.05, 3.63) is 77.6 Å². The Morgan fingerprint density at radius 3 is 2.45 bits per heavy atom. The fourth-order valence-corrected chi connectivity index (χ4v) is 3.00. The van der Waals surface area contributed by atoms with Crippen LogP contribution >= 0.6 is 0 Å². The zero-order chi connectivity index (χ0) is 24.0. The molecule has 3 rings (SSSR count). The van der Waals surface area contributed by atoms with Gasteiger partial charge in [-0.2, -0.15) is 0 Å². The highest BCUT2D eigenvalue weighted by molar-refractivity contribution is 5.99. The van der Waals surface area contributed by atoms with Gasteiger partial charge in [0, 0.05) is 17.7 Å². The van der Waals surface area contributed by atoms with E-state index in [0.717, 1.165) is 5.56 Å². The summed E-state index contributed by atoms with van der Waals surface area (Å²) in [4.78, 5) is 44.5. The first kappa shape index (κ1) is 23.4. The first-order valence-electron chi connectivity index (χ1n) is 10.0. The van der Waals surface area contributed by atoms with Crippen molar-refractivity contribution in [3.8, 4) is 11.3 Å². The molecule has 0 aliphatic carbocycles. The topological polar surface area (TPSA) is 168 Å². The van der Waals surface area contributed by atoms with Crippen molar-refractivity contribution in [2.24, 2.45) is 0 Å². The normalized spacial score (nSPS) is 12.4. The van der Waals surface area contributed by atoms with E-state index < -0.39 is 24.0 Å². The predicted octanol–water partition coefficient (Wildman–Crippen LogP) is 1.22. The van der Waals surface area contributed by atoms with Crippen LogP contribution in [0.4, 0.5) is 5.82 Å². The Morgan fingerprint density at radius 2 is 1.79 bits per heavy atom. The van der Waals surface area contributed by atoms with Crippen molar-refractivity contribution in [2.75, 3.05) is 5.73 Å². The standard InChI is InChI=1S/C23H23N5O5/c1-13(29)18(23(32)33)28-22(31)19-20(24)25-12-17(27-19)15-8-5-9-16(10-15)21(30)26-11-14-6-3-2-4-7-14/h2-10,12-13,18,29H,11H2,1H3,(H2,24,25)(H,26,30)(H,28,31)(H,32,33)/t13-,18+/m1/s1. The fourth-order valence-electron chi connectivity index (χ4n) is 3.00. The summed E-state index contributed by atoms with van der Waals surface area (Å²) in [5, 5.41) is 23.8. The molecule has 33 heavy (non-hydrogen) atoms. The monoisotopic (exact) mass is 449 g/mol. The van der Waals surface area contributed by atoms with E-state index in [1.165, 1.54) is 13.1 Å². The van der Waals surface area contributed by atoms with Gasteiger partial charge in [0.05, 0.1) is 18.0 Å². The molecule has 2 atom stereocenters. The summed E-state index contributed by atoms with van der Waals surface area (Å²) in [5.74, 6) is -2.80. The number of anilines is 1. The van der Waals surface area contributed by atoms with Crippen molar-refractivity contribution < 1.29 is 24.6 Å². The number of amides is 2. The number of rotatable bonds is 8. The zero-order valence-electron chi connectivity index (χ0n) is 17.7. The first-order chi connectivity index (χ1) is 15.8. The summed E-state index contributed by atoms with van der Waals surface area (Å²) in [7, 11) is 0. The van der Waals surface area contributed by atoms with Crippen molar-refractivity contribution in [1.29, 1.82) is 0 Å². The summed E-state index contributed by atoms with van der Waals surface area (Å²) in [5.41, 5.74) is 7.58. The Bertz CT molecular complexity index is 1170. The number of benzene rings is 2. The number of carbonyl (C=O) groups excluding carboxylic acids is 2. The number of nitrogens with one attached hydrogen (secondary N) is 2. The number of aliphatic hydroxyl groups is 1. The van der Waals surface area contributed by atoms with Gasteiger partial charge in [-0.05, 0) is 24.6 Å². The molecule has 1 heterocycles. The highest BCUT2D eigenvalue weighted by atomic mass is 16.4. The molecule has 0 bridgehead atoms. The number of hydrogen-bond acceptors (Lipinski definition) is 7. The van der Waals surface area contributed by atoms with Crippen molar-refractivity contribution >= 4 is 23.6 Å². The van der Waals surface area contributed by atoms with Crippen LogP contribution in [0.15, 0.2) is 60.8 Å². The molecule has 0 saturated heterocycles. The number of hydrogen-bond donors (Lipinski definition) is 5. The van der Waals surface area contributed by atoms with E-state index in [9.17, 15) is 19.5 Å². The third kappa shape index (κ3) is 5.89. The lowest BCUT2D eigenvalue weighted by Gasteiger charge is -2.17. The van der Waals surface area contributed by atoms with Gasteiger partial charge in [-0.3, -0.25) is 9.59 Å². The van der Waals surface area contributed by atoms with E-state index in [4.69, 9.17) is 10.8 Å². The van der Waals surface area contributed by atoms with Crippen LogP contribution in [0.1, 0.15) is 33.3 Å². The van der Waals surface area contributed by atoms with E-state index in [1.807, 2.05) is 30.3 Å². The third-order valence-electron chi connectivity index (χ3n) is 4.77. The van der Waals surface area contributed by atoms with Crippen LogP contribution < -0.4 is 16.4 Å². The number of nitrogen functional groups attached to an aromatic ring is 1. The number of nitrogens with two attached hydrogens (primary N) is 1. The molecular formula is C23H23N5O5. The average molecular weight is 449 g/mol. The number of nitrogens with zero attached hydrogens (tertiary/aromatic N) is 2. The molecular weight excluding hydrogens is 426 g/mol. The quantitative estimate of drug-likeness (QED) is 0.342. The summed E-state index contributed by atoms with van der Waals surface area (Å²) >= 11 is 0. The number of carboxylic acids is 1. The molecule has 170 valence electrons. The van der Waals surface area contributed by atoms with Crippen LogP contribution in [0.25, 0.3) is 11.3 Å². The van der Waals surface area contributed by atoms with Crippen LogP contribution in [0.5, 0.6) is 0 Å². The molecule has 0 radical (unpaired) electrons. The minimum atomic E-state index is -1.54. The Kier molecular flexibility index (Phi) is 7.31. The minimum absolute atomic E-state index is 0.206. The van der Waals surface area contributed by atoms with Crippen molar-refractivity contribution in [3.63, 3.8) is 0 Å². The van der Waals surface area contributed by atoms with Gasteiger partial charge < -0.3 is 26.6 Å². The average Bonchev–Trinajstić information content (AvgIpc) is 2.81. The van der Waals surface area contributed by atoms with Crippen LogP contribution in [0, 0.1) is 0 Å². The van der Waals surface area contributed by atoms with Crippen molar-refractivity contribution in [2.45, 2.75) is 25.6 Å². The van der Waals surface area contributed by atoms with Crippen LogP contribution in [0.3, 0.4) is 0 Å². The van der Waals surface area contributed by atoms with Gasteiger partial charge in [-0.1, -0.05) is 42.5 Å². The second kappa shape index (κ2) is 10.3. The van der Waals surface area contributed by atoms with Gasteiger partial charge in [0.15, 0.2) is 17.6 Å². The maximum Gasteiger partial charge on any atom is 0.328 e. The van der Waals surface area contributed by atoms with Gasteiger partial charge in [0.2, 0.25) is 0 Å².